The molecule has 0 bridgehead atoms. The van der Waals surface area contributed by atoms with E-state index in [1.807, 2.05) is 0 Å². The van der Waals surface area contributed by atoms with Crippen LogP contribution in [0.5, 0.6) is 5.75 Å². The van der Waals surface area contributed by atoms with Crippen molar-refractivity contribution >= 4 is 11.7 Å². The van der Waals surface area contributed by atoms with Crippen molar-refractivity contribution in [2.45, 2.75) is 12.8 Å². The van der Waals surface area contributed by atoms with Gasteiger partial charge in [0, 0.05) is 30.8 Å². The first-order chi connectivity index (χ1) is 11.6. The fourth-order valence-corrected chi connectivity index (χ4v) is 2.90. The second-order valence-electron chi connectivity index (χ2n) is 5.99. The minimum Gasteiger partial charge on any atom is -0.493 e. The van der Waals surface area contributed by atoms with Gasteiger partial charge in [-0.15, -0.1) is 0 Å². The molecule has 0 spiro atoms. The first kappa shape index (κ1) is 16.2. The Morgan fingerprint density at radius 2 is 2.12 bits per heavy atom. The molecule has 2 N–H and O–H groups in total. The number of nitrogens with two attached hydrogens (primary N) is 1. The highest BCUT2D eigenvalue weighted by molar-refractivity contribution is 5.93. The second kappa shape index (κ2) is 7.29. The number of rotatable bonds is 5. The van der Waals surface area contributed by atoms with Crippen molar-refractivity contribution in [3.05, 3.63) is 54.0 Å². The molecule has 2 aromatic rings. The predicted molar refractivity (Wildman–Crippen MR) is 89.6 cm³/mol. The molecule has 0 radical (unpaired) electrons. The molecule has 0 saturated carbocycles. The number of primary amides is 1. The van der Waals surface area contributed by atoms with Crippen LogP contribution in [0.15, 0.2) is 42.6 Å². The molecule has 1 aromatic carbocycles. The Bertz CT molecular complexity index is 706. The van der Waals surface area contributed by atoms with Crippen molar-refractivity contribution in [3.8, 4) is 5.75 Å². The Balaban J connectivity index is 1.60. The molecular weight excluding hydrogens is 309 g/mol. The molecule has 24 heavy (non-hydrogen) atoms. The van der Waals surface area contributed by atoms with Crippen molar-refractivity contribution in [1.29, 1.82) is 0 Å². The molecular formula is C18H20FN3O2. The highest BCUT2D eigenvalue weighted by atomic mass is 19.1. The zero-order valence-electron chi connectivity index (χ0n) is 13.3. The van der Waals surface area contributed by atoms with Crippen molar-refractivity contribution < 1.29 is 13.9 Å². The lowest BCUT2D eigenvalue weighted by atomic mass is 9.99. The van der Waals surface area contributed by atoms with Crippen LogP contribution < -0.4 is 15.4 Å². The summed E-state index contributed by atoms with van der Waals surface area (Å²) in [5.41, 5.74) is 5.79. The summed E-state index contributed by atoms with van der Waals surface area (Å²) in [7, 11) is 0. The van der Waals surface area contributed by atoms with Crippen LogP contribution in [0.2, 0.25) is 0 Å². The van der Waals surface area contributed by atoms with Crippen LogP contribution in [-0.2, 0) is 0 Å². The smallest absolute Gasteiger partial charge is 0.248 e. The lowest BCUT2D eigenvalue weighted by Crippen LogP contribution is -2.38. The monoisotopic (exact) mass is 329 g/mol. The number of piperidine rings is 1. The predicted octanol–water partition coefficient (Wildman–Crippen LogP) is 2.62. The Kier molecular flexibility index (Phi) is 4.93. The van der Waals surface area contributed by atoms with E-state index in [1.165, 1.54) is 12.1 Å². The van der Waals surface area contributed by atoms with E-state index in [0.717, 1.165) is 31.7 Å². The number of hydrogen-bond acceptors (Lipinski definition) is 4. The SMILES string of the molecule is NC(=O)c1ccnc(N2CCCC(COc3ccc(F)cc3)C2)c1. The van der Waals surface area contributed by atoms with Gasteiger partial charge in [0.25, 0.3) is 0 Å². The number of benzene rings is 1. The summed E-state index contributed by atoms with van der Waals surface area (Å²) in [6.07, 6.45) is 3.70. The zero-order chi connectivity index (χ0) is 16.9. The zero-order valence-corrected chi connectivity index (χ0v) is 13.3. The van der Waals surface area contributed by atoms with Crippen LogP contribution in [-0.4, -0.2) is 30.6 Å². The fourth-order valence-electron chi connectivity index (χ4n) is 2.90. The number of ether oxygens (including phenoxy) is 1. The number of nitrogens with zero attached hydrogens (tertiary/aromatic N) is 2. The van der Waals surface area contributed by atoms with Crippen LogP contribution in [0.1, 0.15) is 23.2 Å². The molecule has 1 amide bonds. The van der Waals surface area contributed by atoms with Gasteiger partial charge in [0.15, 0.2) is 0 Å². The highest BCUT2D eigenvalue weighted by Gasteiger charge is 2.22. The van der Waals surface area contributed by atoms with Crippen molar-refractivity contribution in [3.63, 3.8) is 0 Å². The van der Waals surface area contributed by atoms with E-state index in [0.29, 0.717) is 23.8 Å². The lowest BCUT2D eigenvalue weighted by Gasteiger charge is -2.33. The molecule has 1 aliphatic heterocycles. The third-order valence-corrected chi connectivity index (χ3v) is 4.17. The quantitative estimate of drug-likeness (QED) is 0.915. The van der Waals surface area contributed by atoms with Gasteiger partial charge in [0.05, 0.1) is 6.61 Å². The van der Waals surface area contributed by atoms with Gasteiger partial charge >= 0.3 is 0 Å². The molecule has 3 rings (SSSR count). The number of pyridine rings is 1. The number of carbonyl (C=O) groups is 1. The first-order valence-electron chi connectivity index (χ1n) is 8.01. The summed E-state index contributed by atoms with van der Waals surface area (Å²) in [6, 6.07) is 9.39. The summed E-state index contributed by atoms with van der Waals surface area (Å²) in [4.78, 5) is 17.8. The van der Waals surface area contributed by atoms with Gasteiger partial charge < -0.3 is 15.4 Å². The van der Waals surface area contributed by atoms with E-state index >= 15 is 0 Å². The van der Waals surface area contributed by atoms with Gasteiger partial charge in [-0.25, -0.2) is 9.37 Å². The lowest BCUT2D eigenvalue weighted by molar-refractivity contribution is 0.1000. The van der Waals surface area contributed by atoms with Gasteiger partial charge in [0.1, 0.15) is 17.4 Å². The number of carbonyl (C=O) groups excluding carboxylic acids is 1. The van der Waals surface area contributed by atoms with E-state index in [-0.39, 0.29) is 5.82 Å². The van der Waals surface area contributed by atoms with Gasteiger partial charge in [-0.05, 0) is 49.2 Å². The van der Waals surface area contributed by atoms with E-state index in [1.54, 1.807) is 30.5 Å². The average Bonchev–Trinajstić information content (AvgIpc) is 2.61. The maximum atomic E-state index is 12.9. The Morgan fingerprint density at radius 3 is 2.88 bits per heavy atom. The van der Waals surface area contributed by atoms with Crippen molar-refractivity contribution in [2.24, 2.45) is 11.7 Å². The summed E-state index contributed by atoms with van der Waals surface area (Å²) < 4.78 is 18.7. The number of halogens is 1. The third-order valence-electron chi connectivity index (χ3n) is 4.17. The van der Waals surface area contributed by atoms with Crippen molar-refractivity contribution in [1.82, 2.24) is 4.98 Å². The molecule has 0 aliphatic carbocycles. The van der Waals surface area contributed by atoms with Crippen LogP contribution in [0.3, 0.4) is 0 Å². The number of amides is 1. The largest absolute Gasteiger partial charge is 0.493 e. The van der Waals surface area contributed by atoms with E-state index in [4.69, 9.17) is 10.5 Å². The Hall–Kier alpha value is -2.63. The topological polar surface area (TPSA) is 68.5 Å². The molecule has 1 unspecified atom stereocenters. The van der Waals surface area contributed by atoms with Crippen LogP contribution in [0.4, 0.5) is 10.2 Å². The number of aromatic nitrogens is 1. The molecule has 1 saturated heterocycles. The molecule has 1 atom stereocenters. The molecule has 1 aliphatic rings. The minimum atomic E-state index is -0.452. The maximum Gasteiger partial charge on any atom is 0.248 e. The summed E-state index contributed by atoms with van der Waals surface area (Å²) in [6.45, 7) is 2.26. The second-order valence-corrected chi connectivity index (χ2v) is 5.99. The fraction of sp³-hybridized carbons (Fsp3) is 0.333. The average molecular weight is 329 g/mol. The van der Waals surface area contributed by atoms with Gasteiger partial charge in [-0.2, -0.15) is 0 Å². The third kappa shape index (κ3) is 4.01. The standard InChI is InChI=1S/C18H20FN3O2/c19-15-3-5-16(6-4-15)24-12-13-2-1-9-22(11-13)17-10-14(18(20)23)7-8-21-17/h3-8,10,13H,1-2,9,11-12H2,(H2,20,23). The molecule has 6 heteroatoms. The number of hydrogen-bond donors (Lipinski definition) is 1. The minimum absolute atomic E-state index is 0.272. The van der Waals surface area contributed by atoms with Gasteiger partial charge in [-0.1, -0.05) is 0 Å². The van der Waals surface area contributed by atoms with Gasteiger partial charge in [-0.3, -0.25) is 4.79 Å². The Labute approximate surface area is 140 Å². The van der Waals surface area contributed by atoms with Gasteiger partial charge in [0.2, 0.25) is 5.91 Å². The molecule has 5 nitrogen and oxygen atoms in total. The van der Waals surface area contributed by atoms with E-state index in [9.17, 15) is 9.18 Å². The molecule has 1 fully saturated rings. The summed E-state index contributed by atoms with van der Waals surface area (Å²) in [5, 5.41) is 0. The first-order valence-corrected chi connectivity index (χ1v) is 8.01. The Morgan fingerprint density at radius 1 is 1.33 bits per heavy atom. The van der Waals surface area contributed by atoms with Crippen LogP contribution >= 0.6 is 0 Å². The molecule has 126 valence electrons. The van der Waals surface area contributed by atoms with Crippen molar-refractivity contribution in [2.75, 3.05) is 24.6 Å². The van der Waals surface area contributed by atoms with E-state index < -0.39 is 5.91 Å². The summed E-state index contributed by atoms with van der Waals surface area (Å²) >= 11 is 0. The van der Waals surface area contributed by atoms with Crippen LogP contribution in [0, 0.1) is 11.7 Å². The molecule has 2 heterocycles. The number of anilines is 1. The molecule has 1 aromatic heterocycles. The maximum absolute atomic E-state index is 12.9. The van der Waals surface area contributed by atoms with E-state index in [2.05, 4.69) is 9.88 Å². The highest BCUT2D eigenvalue weighted by Crippen LogP contribution is 2.23. The summed E-state index contributed by atoms with van der Waals surface area (Å²) in [5.74, 6) is 1.06. The normalized spacial score (nSPS) is 17.5. The van der Waals surface area contributed by atoms with Crippen LogP contribution in [0.25, 0.3) is 0 Å².